The minimum absolute atomic E-state index is 0.491. The van der Waals surface area contributed by atoms with Crippen molar-refractivity contribution < 1.29 is 0 Å². The van der Waals surface area contributed by atoms with Crippen molar-refractivity contribution in [3.05, 3.63) is 29.3 Å². The summed E-state index contributed by atoms with van der Waals surface area (Å²) in [5.74, 6) is 0. The first-order chi connectivity index (χ1) is 9.81. The van der Waals surface area contributed by atoms with Gasteiger partial charge in [-0.2, -0.15) is 5.26 Å². The number of benzene rings is 1. The Labute approximate surface area is 120 Å². The van der Waals surface area contributed by atoms with Crippen molar-refractivity contribution in [1.82, 2.24) is 4.90 Å². The van der Waals surface area contributed by atoms with Gasteiger partial charge in [-0.05, 0) is 37.1 Å². The van der Waals surface area contributed by atoms with E-state index in [0.717, 1.165) is 36.4 Å². The molecule has 3 rings (SSSR count). The Morgan fingerprint density at radius 1 is 1.25 bits per heavy atom. The molecule has 1 aromatic carbocycles. The van der Waals surface area contributed by atoms with Crippen molar-refractivity contribution >= 4 is 5.69 Å². The molecule has 2 aliphatic rings. The van der Waals surface area contributed by atoms with Gasteiger partial charge in [0.05, 0.1) is 11.3 Å². The van der Waals surface area contributed by atoms with Gasteiger partial charge in [-0.15, -0.1) is 0 Å². The number of nitriles is 1. The average molecular weight is 270 g/mol. The van der Waals surface area contributed by atoms with E-state index in [4.69, 9.17) is 5.73 Å². The van der Waals surface area contributed by atoms with Crippen LogP contribution in [0.2, 0.25) is 0 Å². The highest BCUT2D eigenvalue weighted by molar-refractivity contribution is 5.61. The predicted molar refractivity (Wildman–Crippen MR) is 80.5 cm³/mol. The third-order valence-electron chi connectivity index (χ3n) is 4.60. The second kappa shape index (κ2) is 5.82. The van der Waals surface area contributed by atoms with Gasteiger partial charge in [0.1, 0.15) is 6.07 Å². The fourth-order valence-corrected chi connectivity index (χ4v) is 3.45. The molecule has 0 amide bonds. The lowest BCUT2D eigenvalue weighted by Gasteiger charge is -2.45. The van der Waals surface area contributed by atoms with Crippen LogP contribution in [-0.4, -0.2) is 37.1 Å². The summed E-state index contributed by atoms with van der Waals surface area (Å²) in [6.45, 7) is 4.93. The zero-order chi connectivity index (χ0) is 13.9. The van der Waals surface area contributed by atoms with Gasteiger partial charge < -0.3 is 10.6 Å². The Kier molecular flexibility index (Phi) is 3.90. The van der Waals surface area contributed by atoms with E-state index in [-0.39, 0.29) is 0 Å². The zero-order valence-corrected chi connectivity index (χ0v) is 11.9. The Bertz CT molecular complexity index is 520. The molecule has 1 aromatic rings. The molecule has 0 spiro atoms. The second-order valence-corrected chi connectivity index (χ2v) is 5.80. The summed E-state index contributed by atoms with van der Waals surface area (Å²) in [5.41, 5.74) is 8.53. The summed E-state index contributed by atoms with van der Waals surface area (Å²) in [6.07, 6.45) is 3.97. The molecule has 20 heavy (non-hydrogen) atoms. The number of nitrogens with zero attached hydrogens (tertiary/aromatic N) is 3. The van der Waals surface area contributed by atoms with Crippen LogP contribution in [0.25, 0.3) is 0 Å². The van der Waals surface area contributed by atoms with Crippen LogP contribution in [0.1, 0.15) is 30.4 Å². The molecule has 1 unspecified atom stereocenters. The standard InChI is InChI=1S/C16H22N4/c17-10-13-4-5-16(14(9-13)11-18)20-8-7-19-6-2-1-3-15(19)12-20/h4-5,9,15H,1-3,6-8,10,12,17H2. The zero-order valence-electron chi connectivity index (χ0n) is 11.9. The molecule has 2 aliphatic heterocycles. The summed E-state index contributed by atoms with van der Waals surface area (Å²) in [7, 11) is 0. The lowest BCUT2D eigenvalue weighted by atomic mass is 9.98. The van der Waals surface area contributed by atoms with E-state index < -0.39 is 0 Å². The van der Waals surface area contributed by atoms with E-state index in [1.54, 1.807) is 0 Å². The largest absolute Gasteiger partial charge is 0.368 e. The lowest BCUT2D eigenvalue weighted by molar-refractivity contribution is 0.133. The number of anilines is 1. The minimum atomic E-state index is 0.491. The van der Waals surface area contributed by atoms with Gasteiger partial charge in [0.15, 0.2) is 0 Å². The Morgan fingerprint density at radius 2 is 2.15 bits per heavy atom. The number of piperidine rings is 1. The van der Waals surface area contributed by atoms with Gasteiger partial charge in [0.25, 0.3) is 0 Å². The van der Waals surface area contributed by atoms with E-state index in [9.17, 15) is 5.26 Å². The molecule has 0 aliphatic carbocycles. The second-order valence-electron chi connectivity index (χ2n) is 5.80. The molecule has 2 N–H and O–H groups in total. The van der Waals surface area contributed by atoms with Crippen molar-refractivity contribution in [2.45, 2.75) is 31.8 Å². The summed E-state index contributed by atoms with van der Waals surface area (Å²) in [5, 5.41) is 9.37. The van der Waals surface area contributed by atoms with Crippen LogP contribution < -0.4 is 10.6 Å². The molecule has 0 bridgehead atoms. The molecule has 0 aromatic heterocycles. The fourth-order valence-electron chi connectivity index (χ4n) is 3.45. The highest BCUT2D eigenvalue weighted by Gasteiger charge is 2.29. The SMILES string of the molecule is N#Cc1cc(CN)ccc1N1CCN2CCCCC2C1. The van der Waals surface area contributed by atoms with Crippen molar-refractivity contribution in [1.29, 1.82) is 5.26 Å². The van der Waals surface area contributed by atoms with E-state index in [1.807, 2.05) is 12.1 Å². The van der Waals surface area contributed by atoms with Gasteiger partial charge in [0.2, 0.25) is 0 Å². The first-order valence-corrected chi connectivity index (χ1v) is 7.54. The van der Waals surface area contributed by atoms with Crippen molar-refractivity contribution in [3.63, 3.8) is 0 Å². The number of piperazine rings is 1. The molecule has 4 nitrogen and oxygen atoms in total. The van der Waals surface area contributed by atoms with Crippen LogP contribution >= 0.6 is 0 Å². The maximum atomic E-state index is 9.37. The van der Waals surface area contributed by atoms with Crippen LogP contribution in [0, 0.1) is 11.3 Å². The van der Waals surface area contributed by atoms with Gasteiger partial charge in [-0.25, -0.2) is 0 Å². The lowest BCUT2D eigenvalue weighted by Crippen LogP contribution is -2.55. The highest BCUT2D eigenvalue weighted by atomic mass is 15.3. The molecular weight excluding hydrogens is 248 g/mol. The molecule has 4 heteroatoms. The van der Waals surface area contributed by atoms with Crippen LogP contribution in [0.15, 0.2) is 18.2 Å². The Hall–Kier alpha value is -1.57. The van der Waals surface area contributed by atoms with Crippen LogP contribution in [0.4, 0.5) is 5.69 Å². The quantitative estimate of drug-likeness (QED) is 0.888. The Morgan fingerprint density at radius 3 is 2.95 bits per heavy atom. The molecule has 2 heterocycles. The third kappa shape index (κ3) is 2.52. The average Bonchev–Trinajstić information content (AvgIpc) is 2.53. The molecule has 2 fully saturated rings. The van der Waals surface area contributed by atoms with E-state index in [0.29, 0.717) is 12.6 Å². The first kappa shape index (κ1) is 13.4. The number of hydrogen-bond donors (Lipinski definition) is 1. The van der Waals surface area contributed by atoms with E-state index in [2.05, 4.69) is 21.9 Å². The monoisotopic (exact) mass is 270 g/mol. The van der Waals surface area contributed by atoms with Crippen LogP contribution in [0.5, 0.6) is 0 Å². The van der Waals surface area contributed by atoms with Crippen LogP contribution in [0.3, 0.4) is 0 Å². The summed E-state index contributed by atoms with van der Waals surface area (Å²) in [6, 6.07) is 9.04. The van der Waals surface area contributed by atoms with Crippen LogP contribution in [-0.2, 0) is 6.54 Å². The van der Waals surface area contributed by atoms with Crippen molar-refractivity contribution in [2.75, 3.05) is 31.1 Å². The first-order valence-electron chi connectivity index (χ1n) is 7.54. The summed E-state index contributed by atoms with van der Waals surface area (Å²) in [4.78, 5) is 4.99. The molecule has 0 radical (unpaired) electrons. The molecule has 0 saturated carbocycles. The van der Waals surface area contributed by atoms with Gasteiger partial charge in [0, 0.05) is 32.2 Å². The summed E-state index contributed by atoms with van der Waals surface area (Å²) >= 11 is 0. The number of nitrogens with two attached hydrogens (primary N) is 1. The van der Waals surface area contributed by atoms with Gasteiger partial charge in [-0.1, -0.05) is 12.5 Å². The Balaban J connectivity index is 1.81. The highest BCUT2D eigenvalue weighted by Crippen LogP contribution is 2.27. The predicted octanol–water partition coefficient (Wildman–Crippen LogP) is 1.69. The minimum Gasteiger partial charge on any atom is -0.368 e. The normalized spacial score (nSPS) is 23.2. The third-order valence-corrected chi connectivity index (χ3v) is 4.60. The van der Waals surface area contributed by atoms with Crippen molar-refractivity contribution in [2.24, 2.45) is 5.73 Å². The molecule has 1 atom stereocenters. The van der Waals surface area contributed by atoms with Gasteiger partial charge >= 0.3 is 0 Å². The molecule has 2 saturated heterocycles. The number of fused-ring (bicyclic) bond motifs is 1. The summed E-state index contributed by atoms with van der Waals surface area (Å²) < 4.78 is 0. The number of hydrogen-bond acceptors (Lipinski definition) is 4. The molecular formula is C16H22N4. The van der Waals surface area contributed by atoms with Gasteiger partial charge in [-0.3, -0.25) is 4.90 Å². The number of rotatable bonds is 2. The van der Waals surface area contributed by atoms with Crippen molar-refractivity contribution in [3.8, 4) is 6.07 Å². The molecule has 106 valence electrons. The maximum absolute atomic E-state index is 9.37. The fraction of sp³-hybridized carbons (Fsp3) is 0.562. The topological polar surface area (TPSA) is 56.3 Å². The van der Waals surface area contributed by atoms with E-state index >= 15 is 0 Å². The van der Waals surface area contributed by atoms with E-state index in [1.165, 1.54) is 25.8 Å². The maximum Gasteiger partial charge on any atom is 0.101 e. The smallest absolute Gasteiger partial charge is 0.101 e.